The first-order valence-electron chi connectivity index (χ1n) is 9.60. The van der Waals surface area contributed by atoms with E-state index in [1.807, 2.05) is 13.1 Å². The van der Waals surface area contributed by atoms with Crippen LogP contribution in [0.3, 0.4) is 0 Å². The molecule has 3 heterocycles. The minimum atomic E-state index is 0.882. The summed E-state index contributed by atoms with van der Waals surface area (Å²) in [6.45, 7) is 9.36. The predicted molar refractivity (Wildman–Crippen MR) is 107 cm³/mol. The van der Waals surface area contributed by atoms with Crippen LogP contribution in [0.4, 0.5) is 5.82 Å². The van der Waals surface area contributed by atoms with Crippen molar-refractivity contribution in [3.63, 3.8) is 0 Å². The van der Waals surface area contributed by atoms with E-state index < -0.39 is 0 Å². The number of aromatic nitrogens is 3. The molecule has 0 spiro atoms. The Kier molecular flexibility index (Phi) is 4.89. The number of nitrogens with one attached hydrogen (secondary N) is 1. The van der Waals surface area contributed by atoms with Gasteiger partial charge in [-0.25, -0.2) is 9.97 Å². The van der Waals surface area contributed by atoms with Crippen molar-refractivity contribution in [3.8, 4) is 0 Å². The van der Waals surface area contributed by atoms with E-state index in [0.29, 0.717) is 0 Å². The van der Waals surface area contributed by atoms with Gasteiger partial charge in [0, 0.05) is 61.6 Å². The Morgan fingerprint density at radius 1 is 1.08 bits per heavy atom. The fraction of sp³-hybridized carbons (Fsp3) is 0.429. The minimum Gasteiger partial charge on any atom is -0.361 e. The summed E-state index contributed by atoms with van der Waals surface area (Å²) in [4.78, 5) is 17.5. The summed E-state index contributed by atoms with van der Waals surface area (Å²) in [6, 6.07) is 10.9. The van der Waals surface area contributed by atoms with E-state index in [1.54, 1.807) is 0 Å². The Morgan fingerprint density at radius 3 is 2.73 bits per heavy atom. The van der Waals surface area contributed by atoms with Gasteiger partial charge in [0.15, 0.2) is 0 Å². The highest BCUT2D eigenvalue weighted by molar-refractivity contribution is 5.82. The number of H-pyrrole nitrogens is 1. The van der Waals surface area contributed by atoms with Crippen LogP contribution in [0, 0.1) is 6.92 Å². The number of hydrogen-bond acceptors (Lipinski definition) is 4. The molecular formula is C21H27N5. The molecule has 3 aromatic rings. The highest BCUT2D eigenvalue weighted by atomic mass is 15.3. The summed E-state index contributed by atoms with van der Waals surface area (Å²) in [5.41, 5.74) is 3.79. The molecule has 136 valence electrons. The molecule has 0 saturated carbocycles. The third kappa shape index (κ3) is 3.58. The molecule has 1 N–H and O–H groups in total. The Hall–Kier alpha value is -2.40. The van der Waals surface area contributed by atoms with Crippen LogP contribution >= 0.6 is 0 Å². The van der Waals surface area contributed by atoms with Crippen LogP contribution in [0.1, 0.15) is 30.4 Å². The second kappa shape index (κ2) is 7.46. The second-order valence-electron chi connectivity index (χ2n) is 7.13. The Balaban J connectivity index is 1.42. The van der Waals surface area contributed by atoms with E-state index in [1.165, 1.54) is 16.5 Å². The van der Waals surface area contributed by atoms with Gasteiger partial charge in [-0.15, -0.1) is 0 Å². The zero-order chi connectivity index (χ0) is 17.9. The number of piperazine rings is 1. The molecule has 0 radical (unpaired) electrons. The van der Waals surface area contributed by atoms with Crippen molar-refractivity contribution in [1.29, 1.82) is 0 Å². The van der Waals surface area contributed by atoms with Crippen LogP contribution < -0.4 is 4.90 Å². The first-order chi connectivity index (χ1) is 12.7. The van der Waals surface area contributed by atoms with Gasteiger partial charge in [-0.05, 0) is 31.0 Å². The lowest BCUT2D eigenvalue weighted by molar-refractivity contribution is 0.250. The normalized spacial score (nSPS) is 15.7. The average Bonchev–Trinajstić information content (AvgIpc) is 3.12. The molecule has 0 bridgehead atoms. The molecular weight excluding hydrogens is 322 g/mol. The molecule has 2 aromatic heterocycles. The number of aryl methyl sites for hydroxylation is 2. The fourth-order valence-corrected chi connectivity index (χ4v) is 3.82. The smallest absolute Gasteiger partial charge is 0.132 e. The van der Waals surface area contributed by atoms with Gasteiger partial charge in [0.2, 0.25) is 0 Å². The van der Waals surface area contributed by atoms with Gasteiger partial charge in [-0.3, -0.25) is 4.90 Å². The molecule has 0 aliphatic carbocycles. The molecule has 1 saturated heterocycles. The van der Waals surface area contributed by atoms with Crippen LogP contribution in [-0.4, -0.2) is 46.0 Å². The minimum absolute atomic E-state index is 0.882. The zero-order valence-corrected chi connectivity index (χ0v) is 15.7. The highest BCUT2D eigenvalue weighted by Gasteiger charge is 2.19. The number of nitrogens with zero attached hydrogens (tertiary/aromatic N) is 4. The van der Waals surface area contributed by atoms with Crippen LogP contribution in [0.2, 0.25) is 0 Å². The number of hydrogen-bond donors (Lipinski definition) is 1. The van der Waals surface area contributed by atoms with E-state index >= 15 is 0 Å². The van der Waals surface area contributed by atoms with Crippen LogP contribution in [0.15, 0.2) is 36.5 Å². The molecule has 0 atom stereocenters. The Labute approximate surface area is 155 Å². The summed E-state index contributed by atoms with van der Waals surface area (Å²) < 4.78 is 0. The second-order valence-corrected chi connectivity index (χ2v) is 7.13. The van der Waals surface area contributed by atoms with E-state index in [4.69, 9.17) is 0 Å². The Bertz CT molecular complexity index is 877. The van der Waals surface area contributed by atoms with Gasteiger partial charge < -0.3 is 9.88 Å². The van der Waals surface area contributed by atoms with Crippen molar-refractivity contribution in [2.75, 3.05) is 31.1 Å². The van der Waals surface area contributed by atoms with Gasteiger partial charge in [0.05, 0.1) is 0 Å². The van der Waals surface area contributed by atoms with Crippen molar-refractivity contribution < 1.29 is 0 Å². The van der Waals surface area contributed by atoms with Crippen molar-refractivity contribution in [2.45, 2.75) is 33.2 Å². The molecule has 1 fully saturated rings. The van der Waals surface area contributed by atoms with Crippen molar-refractivity contribution in [3.05, 3.63) is 53.6 Å². The van der Waals surface area contributed by atoms with Gasteiger partial charge >= 0.3 is 0 Å². The zero-order valence-electron chi connectivity index (χ0n) is 15.7. The first kappa shape index (κ1) is 17.0. The quantitative estimate of drug-likeness (QED) is 0.765. The standard InChI is InChI=1S/C21H27N5/c1-3-5-18-14-21(24-16(2)23-18)26-12-10-25(11-13-26)15-17-6-4-7-20-19(17)8-9-22-20/h4,6-9,14,22H,3,5,10-13,15H2,1-2H3. The molecule has 26 heavy (non-hydrogen) atoms. The van der Waals surface area contributed by atoms with Gasteiger partial charge in [-0.1, -0.05) is 25.5 Å². The van der Waals surface area contributed by atoms with E-state index in [9.17, 15) is 0 Å². The lowest BCUT2D eigenvalue weighted by Gasteiger charge is -2.35. The third-order valence-electron chi connectivity index (χ3n) is 5.16. The average molecular weight is 349 g/mol. The maximum absolute atomic E-state index is 4.67. The number of aromatic amines is 1. The molecule has 1 aromatic carbocycles. The summed E-state index contributed by atoms with van der Waals surface area (Å²) in [7, 11) is 0. The summed E-state index contributed by atoms with van der Waals surface area (Å²) >= 11 is 0. The van der Waals surface area contributed by atoms with Crippen LogP contribution in [0.25, 0.3) is 10.9 Å². The largest absolute Gasteiger partial charge is 0.361 e. The fourth-order valence-electron chi connectivity index (χ4n) is 3.82. The van der Waals surface area contributed by atoms with Crippen molar-refractivity contribution in [1.82, 2.24) is 19.9 Å². The summed E-state index contributed by atoms with van der Waals surface area (Å²) in [6.07, 6.45) is 4.17. The van der Waals surface area contributed by atoms with Gasteiger partial charge in [0.1, 0.15) is 11.6 Å². The SMILES string of the molecule is CCCc1cc(N2CCN(Cc3cccc4[nH]ccc34)CC2)nc(C)n1. The Morgan fingerprint density at radius 2 is 1.92 bits per heavy atom. The predicted octanol–water partition coefficient (Wildman–Crippen LogP) is 3.54. The van der Waals surface area contributed by atoms with Gasteiger partial charge in [-0.2, -0.15) is 0 Å². The third-order valence-corrected chi connectivity index (χ3v) is 5.16. The van der Waals surface area contributed by atoms with Crippen molar-refractivity contribution >= 4 is 16.7 Å². The van der Waals surface area contributed by atoms with Crippen LogP contribution in [-0.2, 0) is 13.0 Å². The molecule has 4 rings (SSSR count). The number of rotatable bonds is 5. The summed E-state index contributed by atoms with van der Waals surface area (Å²) in [5, 5.41) is 1.34. The molecule has 1 aliphatic heterocycles. The number of anilines is 1. The van der Waals surface area contributed by atoms with Crippen molar-refractivity contribution in [2.24, 2.45) is 0 Å². The number of benzene rings is 1. The van der Waals surface area contributed by atoms with E-state index in [-0.39, 0.29) is 0 Å². The summed E-state index contributed by atoms with van der Waals surface area (Å²) in [5.74, 6) is 1.97. The lowest BCUT2D eigenvalue weighted by Crippen LogP contribution is -2.46. The van der Waals surface area contributed by atoms with E-state index in [2.05, 4.69) is 62.0 Å². The van der Waals surface area contributed by atoms with Gasteiger partial charge in [0.25, 0.3) is 0 Å². The topological polar surface area (TPSA) is 48.0 Å². The maximum Gasteiger partial charge on any atom is 0.132 e. The maximum atomic E-state index is 4.67. The monoisotopic (exact) mass is 349 g/mol. The molecule has 0 amide bonds. The first-order valence-corrected chi connectivity index (χ1v) is 9.60. The molecule has 0 unspecified atom stereocenters. The molecule has 5 heteroatoms. The lowest BCUT2D eigenvalue weighted by atomic mass is 10.1. The molecule has 5 nitrogen and oxygen atoms in total. The number of fused-ring (bicyclic) bond motifs is 1. The highest BCUT2D eigenvalue weighted by Crippen LogP contribution is 2.21. The van der Waals surface area contributed by atoms with Crippen LogP contribution in [0.5, 0.6) is 0 Å². The molecule has 1 aliphatic rings. The van der Waals surface area contributed by atoms with E-state index in [0.717, 1.165) is 62.9 Å².